The molecule has 1 amide bonds. The van der Waals surface area contributed by atoms with Crippen molar-refractivity contribution in [3.8, 4) is 11.5 Å². The molecular formula is C15H13BrN2O3. The number of pyridine rings is 1. The molecule has 0 saturated heterocycles. The number of ether oxygens (including phenoxy) is 2. The van der Waals surface area contributed by atoms with E-state index in [4.69, 9.17) is 9.47 Å². The van der Waals surface area contributed by atoms with Gasteiger partial charge in [0, 0.05) is 12.7 Å². The molecule has 0 unspecified atom stereocenters. The molecule has 5 nitrogen and oxygen atoms in total. The van der Waals surface area contributed by atoms with E-state index in [1.54, 1.807) is 18.3 Å². The summed E-state index contributed by atoms with van der Waals surface area (Å²) in [7, 11) is 0. The zero-order valence-electron chi connectivity index (χ0n) is 11.1. The number of rotatable bonds is 3. The van der Waals surface area contributed by atoms with Gasteiger partial charge in [-0.25, -0.2) is 4.98 Å². The van der Waals surface area contributed by atoms with Crippen molar-refractivity contribution in [1.82, 2.24) is 10.3 Å². The van der Waals surface area contributed by atoms with Crippen LogP contribution in [-0.4, -0.2) is 24.1 Å². The molecule has 108 valence electrons. The molecule has 0 aliphatic carbocycles. The Hall–Kier alpha value is -2.08. The van der Waals surface area contributed by atoms with Gasteiger partial charge in [-0.15, -0.1) is 0 Å². The first-order chi connectivity index (χ1) is 10.2. The van der Waals surface area contributed by atoms with Crippen LogP contribution >= 0.6 is 15.9 Å². The Morgan fingerprint density at radius 2 is 2.05 bits per heavy atom. The van der Waals surface area contributed by atoms with E-state index in [9.17, 15) is 4.79 Å². The number of benzene rings is 1. The lowest BCUT2D eigenvalue weighted by Gasteiger charge is -2.19. The van der Waals surface area contributed by atoms with E-state index in [1.807, 2.05) is 18.2 Å². The van der Waals surface area contributed by atoms with E-state index in [0.29, 0.717) is 29.9 Å². The van der Waals surface area contributed by atoms with Crippen LogP contribution in [0, 0.1) is 0 Å². The minimum atomic E-state index is -0.176. The van der Waals surface area contributed by atoms with Gasteiger partial charge in [-0.1, -0.05) is 6.07 Å². The summed E-state index contributed by atoms with van der Waals surface area (Å²) in [4.78, 5) is 16.1. The number of nitrogens with one attached hydrogen (secondary N) is 1. The zero-order valence-corrected chi connectivity index (χ0v) is 12.7. The Morgan fingerprint density at radius 1 is 1.24 bits per heavy atom. The van der Waals surface area contributed by atoms with Gasteiger partial charge in [-0.05, 0) is 45.8 Å². The predicted octanol–water partition coefficient (Wildman–Crippen LogP) is 2.55. The molecule has 0 radical (unpaired) electrons. The number of fused-ring (bicyclic) bond motifs is 1. The fourth-order valence-corrected chi connectivity index (χ4v) is 2.46. The molecule has 6 heteroatoms. The summed E-state index contributed by atoms with van der Waals surface area (Å²) in [6.07, 6.45) is 1.63. The van der Waals surface area contributed by atoms with Crippen LogP contribution in [0.25, 0.3) is 0 Å². The summed E-state index contributed by atoms with van der Waals surface area (Å²) in [5.41, 5.74) is 1.46. The van der Waals surface area contributed by atoms with Crippen molar-refractivity contribution in [2.45, 2.75) is 6.54 Å². The fourth-order valence-electron chi connectivity index (χ4n) is 2.03. The number of halogens is 1. The molecule has 1 aromatic heterocycles. The molecule has 0 fully saturated rings. The van der Waals surface area contributed by atoms with Crippen LogP contribution in [-0.2, 0) is 6.54 Å². The molecule has 1 N–H and O–H groups in total. The molecular weight excluding hydrogens is 336 g/mol. The topological polar surface area (TPSA) is 60.5 Å². The molecule has 0 atom stereocenters. The van der Waals surface area contributed by atoms with Gasteiger partial charge >= 0.3 is 0 Å². The Balaban J connectivity index is 1.68. The lowest BCUT2D eigenvalue weighted by molar-refractivity contribution is 0.0949. The number of amides is 1. The van der Waals surface area contributed by atoms with E-state index in [2.05, 4.69) is 26.2 Å². The number of aromatic nitrogens is 1. The second-order valence-electron chi connectivity index (χ2n) is 4.50. The highest BCUT2D eigenvalue weighted by Gasteiger charge is 2.13. The number of hydrogen-bond donors (Lipinski definition) is 1. The van der Waals surface area contributed by atoms with Crippen molar-refractivity contribution in [2.75, 3.05) is 13.2 Å². The van der Waals surface area contributed by atoms with Crippen molar-refractivity contribution < 1.29 is 14.3 Å². The third-order valence-electron chi connectivity index (χ3n) is 3.06. The largest absolute Gasteiger partial charge is 0.486 e. The first-order valence-electron chi connectivity index (χ1n) is 6.51. The summed E-state index contributed by atoms with van der Waals surface area (Å²) < 4.78 is 11.5. The van der Waals surface area contributed by atoms with Gasteiger partial charge in [-0.2, -0.15) is 0 Å². The van der Waals surface area contributed by atoms with Crippen molar-refractivity contribution in [3.63, 3.8) is 0 Å². The van der Waals surface area contributed by atoms with Crippen molar-refractivity contribution in [2.24, 2.45) is 0 Å². The van der Waals surface area contributed by atoms with Crippen LogP contribution in [0.5, 0.6) is 11.5 Å². The Morgan fingerprint density at radius 3 is 2.86 bits per heavy atom. The molecule has 21 heavy (non-hydrogen) atoms. The summed E-state index contributed by atoms with van der Waals surface area (Å²) in [5.74, 6) is 1.28. The molecule has 0 saturated carbocycles. The summed E-state index contributed by atoms with van der Waals surface area (Å²) in [6, 6.07) is 9.09. The van der Waals surface area contributed by atoms with Crippen LogP contribution in [0.2, 0.25) is 0 Å². The lowest BCUT2D eigenvalue weighted by Crippen LogP contribution is -2.23. The van der Waals surface area contributed by atoms with Crippen LogP contribution in [0.3, 0.4) is 0 Å². The summed E-state index contributed by atoms with van der Waals surface area (Å²) in [5, 5.41) is 2.86. The van der Waals surface area contributed by atoms with Crippen LogP contribution in [0.1, 0.15) is 15.9 Å². The van der Waals surface area contributed by atoms with Gasteiger partial charge in [0.1, 0.15) is 17.8 Å². The molecule has 2 aromatic rings. The van der Waals surface area contributed by atoms with E-state index >= 15 is 0 Å². The lowest BCUT2D eigenvalue weighted by atomic mass is 10.2. The molecule has 2 heterocycles. The van der Waals surface area contributed by atoms with E-state index in [-0.39, 0.29) is 5.91 Å². The van der Waals surface area contributed by atoms with Crippen LogP contribution in [0.15, 0.2) is 41.1 Å². The third kappa shape index (κ3) is 3.16. The number of carbonyl (C=O) groups excluding carboxylic acids is 1. The number of hydrogen-bond acceptors (Lipinski definition) is 4. The minimum absolute atomic E-state index is 0.176. The highest BCUT2D eigenvalue weighted by Crippen LogP contribution is 2.30. The normalized spacial score (nSPS) is 12.8. The zero-order chi connectivity index (χ0) is 14.7. The molecule has 3 rings (SSSR count). The fraction of sp³-hybridized carbons (Fsp3) is 0.200. The van der Waals surface area contributed by atoms with Gasteiger partial charge in [0.05, 0.1) is 5.56 Å². The average Bonchev–Trinajstić information content (AvgIpc) is 2.53. The van der Waals surface area contributed by atoms with E-state index < -0.39 is 0 Å². The molecule has 1 aromatic carbocycles. The smallest absolute Gasteiger partial charge is 0.254 e. The maximum atomic E-state index is 12.1. The number of nitrogens with zero attached hydrogens (tertiary/aromatic N) is 1. The van der Waals surface area contributed by atoms with Crippen LogP contribution in [0.4, 0.5) is 0 Å². The van der Waals surface area contributed by atoms with Crippen LogP contribution < -0.4 is 14.8 Å². The standard InChI is InChI=1S/C15H13BrN2O3/c16-14-11(2-1-5-17-14)15(19)18-9-10-3-4-12-13(8-10)21-7-6-20-12/h1-5,8H,6-7,9H2,(H,18,19). The van der Waals surface area contributed by atoms with E-state index in [1.165, 1.54) is 0 Å². The van der Waals surface area contributed by atoms with Crippen molar-refractivity contribution in [3.05, 3.63) is 52.3 Å². The highest BCUT2D eigenvalue weighted by molar-refractivity contribution is 9.10. The maximum Gasteiger partial charge on any atom is 0.254 e. The van der Waals surface area contributed by atoms with Crippen molar-refractivity contribution in [1.29, 1.82) is 0 Å². The number of carbonyl (C=O) groups is 1. The molecule has 1 aliphatic heterocycles. The van der Waals surface area contributed by atoms with Gasteiger partial charge in [0.15, 0.2) is 11.5 Å². The van der Waals surface area contributed by atoms with Gasteiger partial charge in [0.2, 0.25) is 0 Å². The third-order valence-corrected chi connectivity index (χ3v) is 3.70. The SMILES string of the molecule is O=C(NCc1ccc2c(c1)OCCO2)c1cccnc1Br. The monoisotopic (exact) mass is 348 g/mol. The van der Waals surface area contributed by atoms with Gasteiger partial charge in [0.25, 0.3) is 5.91 Å². The summed E-state index contributed by atoms with van der Waals surface area (Å²) >= 11 is 3.26. The quantitative estimate of drug-likeness (QED) is 0.866. The Bertz CT molecular complexity index is 676. The molecule has 1 aliphatic rings. The highest BCUT2D eigenvalue weighted by atomic mass is 79.9. The van der Waals surface area contributed by atoms with E-state index in [0.717, 1.165) is 17.1 Å². The predicted molar refractivity (Wildman–Crippen MR) is 80.5 cm³/mol. The van der Waals surface area contributed by atoms with Gasteiger partial charge in [-0.3, -0.25) is 4.79 Å². The second-order valence-corrected chi connectivity index (χ2v) is 5.25. The molecule has 0 bridgehead atoms. The first-order valence-corrected chi connectivity index (χ1v) is 7.30. The Kier molecular flexibility index (Phi) is 4.06. The van der Waals surface area contributed by atoms with Crippen molar-refractivity contribution >= 4 is 21.8 Å². The second kappa shape index (κ2) is 6.13. The minimum Gasteiger partial charge on any atom is -0.486 e. The average molecular weight is 349 g/mol. The molecule has 0 spiro atoms. The van der Waals surface area contributed by atoms with Gasteiger partial charge < -0.3 is 14.8 Å². The maximum absolute atomic E-state index is 12.1. The Labute approximate surface area is 130 Å². The summed E-state index contributed by atoms with van der Waals surface area (Å²) in [6.45, 7) is 1.53. The first kappa shape index (κ1) is 13.9.